The van der Waals surface area contributed by atoms with Gasteiger partial charge in [-0.25, -0.2) is 4.39 Å². The molecule has 1 N–H and O–H groups in total. The van der Waals surface area contributed by atoms with Crippen molar-refractivity contribution < 1.29 is 9.50 Å². The summed E-state index contributed by atoms with van der Waals surface area (Å²) in [5.41, 5.74) is 0.904. The molecule has 5 nitrogen and oxygen atoms in total. The Morgan fingerprint density at radius 3 is 2.90 bits per heavy atom. The van der Waals surface area contributed by atoms with Crippen molar-refractivity contribution in [1.82, 2.24) is 14.8 Å². The summed E-state index contributed by atoms with van der Waals surface area (Å²) in [7, 11) is 0. The fourth-order valence-corrected chi connectivity index (χ4v) is 3.11. The molecule has 0 amide bonds. The number of nitrogens with zero attached hydrogens (tertiary/aromatic N) is 4. The third-order valence-corrected chi connectivity index (χ3v) is 4.31. The van der Waals surface area contributed by atoms with Gasteiger partial charge in [0, 0.05) is 11.8 Å². The molecule has 1 aliphatic rings. The Balaban J connectivity index is 1.79. The molecule has 3 rings (SSSR count). The molecule has 1 heterocycles. The first-order chi connectivity index (χ1) is 10.2. The standard InChI is InChI=1S/C14H13FN4OS/c15-12-4-1-9(6-16)5-10(12)8-21-14-18-17-13(7-20)19(14)11-2-3-11/h1,4-5,11,20H,2-3,7-8H2. The number of aliphatic hydroxyl groups excluding tert-OH is 1. The normalized spacial score (nSPS) is 14.1. The SMILES string of the molecule is N#Cc1ccc(F)c(CSc2nnc(CO)n2C2CC2)c1. The first-order valence-corrected chi connectivity index (χ1v) is 7.57. The fraction of sp³-hybridized carbons (Fsp3) is 0.357. The maximum Gasteiger partial charge on any atom is 0.191 e. The van der Waals surface area contributed by atoms with Crippen LogP contribution >= 0.6 is 11.8 Å². The molecule has 108 valence electrons. The molecular formula is C14H13FN4OS. The second-order valence-corrected chi connectivity index (χ2v) is 5.81. The summed E-state index contributed by atoms with van der Waals surface area (Å²) < 4.78 is 15.7. The number of aromatic nitrogens is 3. The maximum absolute atomic E-state index is 13.7. The predicted octanol–water partition coefficient (Wildman–Crippen LogP) is 2.41. The van der Waals surface area contributed by atoms with Crippen LogP contribution in [0.25, 0.3) is 0 Å². The first kappa shape index (κ1) is 14.0. The van der Waals surface area contributed by atoms with Crippen molar-refractivity contribution in [2.45, 2.75) is 36.4 Å². The van der Waals surface area contributed by atoms with Gasteiger partial charge in [0.1, 0.15) is 12.4 Å². The van der Waals surface area contributed by atoms with Crippen molar-refractivity contribution in [2.24, 2.45) is 0 Å². The number of hydrogen-bond donors (Lipinski definition) is 1. The summed E-state index contributed by atoms with van der Waals surface area (Å²) in [6.45, 7) is -0.150. The Morgan fingerprint density at radius 2 is 2.24 bits per heavy atom. The molecule has 0 bridgehead atoms. The summed E-state index contributed by atoms with van der Waals surface area (Å²) in [5.74, 6) is 0.588. The zero-order valence-electron chi connectivity index (χ0n) is 11.2. The van der Waals surface area contributed by atoms with Gasteiger partial charge in [0.2, 0.25) is 0 Å². The number of rotatable bonds is 5. The lowest BCUT2D eigenvalue weighted by molar-refractivity contribution is 0.263. The molecule has 1 aromatic carbocycles. The van der Waals surface area contributed by atoms with Crippen molar-refractivity contribution >= 4 is 11.8 Å². The fourth-order valence-electron chi connectivity index (χ4n) is 2.11. The van der Waals surface area contributed by atoms with E-state index >= 15 is 0 Å². The lowest BCUT2D eigenvalue weighted by atomic mass is 10.1. The van der Waals surface area contributed by atoms with Crippen molar-refractivity contribution in [3.63, 3.8) is 0 Å². The highest BCUT2D eigenvalue weighted by atomic mass is 32.2. The molecule has 0 saturated heterocycles. The summed E-state index contributed by atoms with van der Waals surface area (Å²) in [4.78, 5) is 0. The van der Waals surface area contributed by atoms with Crippen LogP contribution in [0.5, 0.6) is 0 Å². The van der Waals surface area contributed by atoms with E-state index in [9.17, 15) is 9.50 Å². The van der Waals surface area contributed by atoms with E-state index in [0.717, 1.165) is 12.8 Å². The largest absolute Gasteiger partial charge is 0.388 e. The number of halogens is 1. The highest BCUT2D eigenvalue weighted by molar-refractivity contribution is 7.98. The van der Waals surface area contributed by atoms with Gasteiger partial charge in [0.25, 0.3) is 0 Å². The zero-order valence-corrected chi connectivity index (χ0v) is 12.0. The van der Waals surface area contributed by atoms with E-state index in [1.807, 2.05) is 10.6 Å². The Hall–Kier alpha value is -1.91. The highest BCUT2D eigenvalue weighted by Gasteiger charge is 2.29. The van der Waals surface area contributed by atoms with Crippen LogP contribution in [0, 0.1) is 17.1 Å². The van der Waals surface area contributed by atoms with Gasteiger partial charge in [-0.3, -0.25) is 0 Å². The first-order valence-electron chi connectivity index (χ1n) is 6.59. The molecule has 0 atom stereocenters. The maximum atomic E-state index is 13.7. The number of nitriles is 1. The second-order valence-electron chi connectivity index (χ2n) is 4.86. The van der Waals surface area contributed by atoms with E-state index in [1.54, 1.807) is 6.07 Å². The topological polar surface area (TPSA) is 74.7 Å². The van der Waals surface area contributed by atoms with Crippen LogP contribution in [0.4, 0.5) is 4.39 Å². The Kier molecular flexibility index (Phi) is 3.90. The van der Waals surface area contributed by atoms with E-state index in [0.29, 0.717) is 33.9 Å². The molecule has 0 spiro atoms. The minimum atomic E-state index is -0.332. The minimum absolute atomic E-state index is 0.150. The van der Waals surface area contributed by atoms with Crippen LogP contribution in [0.3, 0.4) is 0 Å². The lowest BCUT2D eigenvalue weighted by Crippen LogP contribution is -2.03. The second kappa shape index (κ2) is 5.84. The van der Waals surface area contributed by atoms with Crippen LogP contribution in [-0.2, 0) is 12.4 Å². The van der Waals surface area contributed by atoms with E-state index in [4.69, 9.17) is 5.26 Å². The van der Waals surface area contributed by atoms with E-state index in [1.165, 1.54) is 23.9 Å². The van der Waals surface area contributed by atoms with Crippen LogP contribution in [0.1, 0.15) is 35.8 Å². The zero-order chi connectivity index (χ0) is 14.8. The highest BCUT2D eigenvalue weighted by Crippen LogP contribution is 2.39. The van der Waals surface area contributed by atoms with Crippen molar-refractivity contribution in [2.75, 3.05) is 0 Å². The van der Waals surface area contributed by atoms with Crippen molar-refractivity contribution in [3.05, 3.63) is 41.0 Å². The van der Waals surface area contributed by atoms with Gasteiger partial charge in [0.15, 0.2) is 11.0 Å². The van der Waals surface area contributed by atoms with Crippen LogP contribution in [0.2, 0.25) is 0 Å². The third kappa shape index (κ3) is 2.91. The van der Waals surface area contributed by atoms with Gasteiger partial charge in [-0.2, -0.15) is 5.26 Å². The van der Waals surface area contributed by atoms with Gasteiger partial charge in [0.05, 0.1) is 11.6 Å². The molecule has 1 aliphatic carbocycles. The van der Waals surface area contributed by atoms with Gasteiger partial charge in [-0.15, -0.1) is 10.2 Å². The van der Waals surface area contributed by atoms with Crippen molar-refractivity contribution in [1.29, 1.82) is 5.26 Å². The Bertz CT molecular complexity index is 705. The average molecular weight is 304 g/mol. The van der Waals surface area contributed by atoms with E-state index < -0.39 is 0 Å². The average Bonchev–Trinajstić information content (AvgIpc) is 3.26. The Labute approximate surface area is 125 Å². The molecule has 0 radical (unpaired) electrons. The molecule has 7 heteroatoms. The summed E-state index contributed by atoms with van der Waals surface area (Å²) in [6, 6.07) is 6.66. The molecule has 0 aliphatic heterocycles. The molecule has 0 unspecified atom stereocenters. The smallest absolute Gasteiger partial charge is 0.191 e. The lowest BCUT2D eigenvalue weighted by Gasteiger charge is -2.07. The monoisotopic (exact) mass is 304 g/mol. The summed E-state index contributed by atoms with van der Waals surface area (Å²) >= 11 is 1.37. The number of thioether (sulfide) groups is 1. The molecule has 1 fully saturated rings. The van der Waals surface area contributed by atoms with Gasteiger partial charge < -0.3 is 9.67 Å². The minimum Gasteiger partial charge on any atom is -0.388 e. The van der Waals surface area contributed by atoms with Gasteiger partial charge >= 0.3 is 0 Å². The summed E-state index contributed by atoms with van der Waals surface area (Å²) in [6.07, 6.45) is 2.10. The predicted molar refractivity (Wildman–Crippen MR) is 74.9 cm³/mol. The van der Waals surface area contributed by atoms with Gasteiger partial charge in [-0.1, -0.05) is 11.8 Å². The quantitative estimate of drug-likeness (QED) is 0.859. The number of aliphatic hydroxyl groups is 1. The molecule has 1 saturated carbocycles. The van der Waals surface area contributed by atoms with Crippen LogP contribution in [-0.4, -0.2) is 19.9 Å². The summed E-state index contributed by atoms with van der Waals surface area (Å²) in [5, 5.41) is 26.9. The molecule has 21 heavy (non-hydrogen) atoms. The number of hydrogen-bond acceptors (Lipinski definition) is 5. The van der Waals surface area contributed by atoms with Crippen molar-refractivity contribution in [3.8, 4) is 6.07 Å². The molecule has 1 aromatic heterocycles. The third-order valence-electron chi connectivity index (χ3n) is 3.32. The van der Waals surface area contributed by atoms with Crippen LogP contribution in [0.15, 0.2) is 23.4 Å². The Morgan fingerprint density at radius 1 is 1.43 bits per heavy atom. The van der Waals surface area contributed by atoms with E-state index in [2.05, 4.69) is 10.2 Å². The molecule has 2 aromatic rings. The van der Waals surface area contributed by atoms with Crippen LogP contribution < -0.4 is 0 Å². The van der Waals surface area contributed by atoms with E-state index in [-0.39, 0.29) is 12.4 Å². The molecular weight excluding hydrogens is 291 g/mol. The van der Waals surface area contributed by atoms with Gasteiger partial charge in [-0.05, 0) is 36.6 Å². The number of benzene rings is 1.